The van der Waals surface area contributed by atoms with Gasteiger partial charge in [-0.3, -0.25) is 9.59 Å². The Morgan fingerprint density at radius 1 is 1.15 bits per heavy atom. The zero-order chi connectivity index (χ0) is 25.2. The number of amides is 2. The van der Waals surface area contributed by atoms with E-state index in [1.807, 2.05) is 45.0 Å². The number of benzene rings is 1. The number of ether oxygens (including phenoxy) is 1. The molecule has 0 saturated carbocycles. The molecule has 1 aromatic carbocycles. The van der Waals surface area contributed by atoms with Gasteiger partial charge in [-0.2, -0.15) is 0 Å². The average Bonchev–Trinajstić information content (AvgIpc) is 3.29. The molecule has 1 saturated heterocycles. The lowest BCUT2D eigenvalue weighted by molar-refractivity contribution is -0.132. The highest BCUT2D eigenvalue weighted by Gasteiger charge is 2.53. The molecule has 2 atom stereocenters. The van der Waals surface area contributed by atoms with Crippen LogP contribution in [0.5, 0.6) is 0 Å². The fraction of sp³-hybridized carbons (Fsp3) is 0.519. The topological polar surface area (TPSA) is 97.1 Å². The number of aryl methyl sites for hydroxylation is 2. The van der Waals surface area contributed by atoms with E-state index in [9.17, 15) is 14.4 Å². The monoisotopic (exact) mass is 469 g/mol. The lowest BCUT2D eigenvalue weighted by Crippen LogP contribution is -2.50. The molecule has 1 aromatic heterocycles. The summed E-state index contributed by atoms with van der Waals surface area (Å²) in [4.78, 5) is 40.3. The lowest BCUT2D eigenvalue weighted by Gasteiger charge is -2.31. The van der Waals surface area contributed by atoms with Gasteiger partial charge in [0.1, 0.15) is 17.3 Å². The summed E-state index contributed by atoms with van der Waals surface area (Å²) in [6.07, 6.45) is 1.16. The molecule has 2 heterocycles. The molecule has 0 radical (unpaired) electrons. The molecule has 0 unspecified atom stereocenters. The first-order chi connectivity index (χ1) is 16.0. The molecule has 184 valence electrons. The minimum atomic E-state index is -1.11. The molecule has 2 aromatic rings. The number of hydrogen-bond donors (Lipinski definition) is 1. The second kappa shape index (κ2) is 10.1. The van der Waals surface area contributed by atoms with E-state index < -0.39 is 35.3 Å². The number of carbonyl (C=O) groups is 3. The fourth-order valence-electron chi connectivity index (χ4n) is 4.81. The number of ketones is 1. The van der Waals surface area contributed by atoms with Gasteiger partial charge in [0.2, 0.25) is 11.7 Å². The second-order valence-corrected chi connectivity index (χ2v) is 9.95. The first-order valence-electron chi connectivity index (χ1n) is 11.9. The number of furan rings is 1. The van der Waals surface area contributed by atoms with Gasteiger partial charge < -0.3 is 14.3 Å². The first-order valence-corrected chi connectivity index (χ1v) is 11.9. The molecule has 3 rings (SSSR count). The zero-order valence-electron chi connectivity index (χ0n) is 20.9. The van der Waals surface area contributed by atoms with Crippen LogP contribution in [-0.2, 0) is 16.0 Å². The van der Waals surface area contributed by atoms with Crippen LogP contribution in [0.2, 0.25) is 0 Å². The predicted octanol–water partition coefficient (Wildman–Crippen LogP) is 5.17. The molecule has 7 heteroatoms. The number of aliphatic hydroxyl groups is 1. The van der Waals surface area contributed by atoms with Crippen molar-refractivity contribution in [2.75, 3.05) is 6.61 Å². The van der Waals surface area contributed by atoms with Crippen LogP contribution >= 0.6 is 0 Å². The lowest BCUT2D eigenvalue weighted by atomic mass is 9.88. The Kier molecular flexibility index (Phi) is 7.66. The summed E-state index contributed by atoms with van der Waals surface area (Å²) >= 11 is 0. The van der Waals surface area contributed by atoms with Crippen LogP contribution in [0.1, 0.15) is 69.3 Å². The Bertz CT molecular complexity index is 1070. The van der Waals surface area contributed by atoms with Gasteiger partial charge >= 0.3 is 6.09 Å². The van der Waals surface area contributed by atoms with E-state index in [-0.39, 0.29) is 18.3 Å². The van der Waals surface area contributed by atoms with E-state index in [2.05, 4.69) is 0 Å². The maximum Gasteiger partial charge on any atom is 0.417 e. The highest BCUT2D eigenvalue weighted by atomic mass is 16.6. The van der Waals surface area contributed by atoms with Gasteiger partial charge in [-0.1, -0.05) is 43.7 Å². The summed E-state index contributed by atoms with van der Waals surface area (Å²) in [5, 5.41) is 9.15. The summed E-state index contributed by atoms with van der Waals surface area (Å²) in [6, 6.07) is 9.10. The largest absolute Gasteiger partial charge is 0.457 e. The third kappa shape index (κ3) is 5.09. The number of rotatable bonds is 9. The Labute approximate surface area is 201 Å². The summed E-state index contributed by atoms with van der Waals surface area (Å²) < 4.78 is 11.4. The van der Waals surface area contributed by atoms with Crippen LogP contribution in [0.15, 0.2) is 34.7 Å². The van der Waals surface area contributed by atoms with Crippen molar-refractivity contribution in [2.24, 2.45) is 11.8 Å². The average molecular weight is 470 g/mol. The normalized spacial score (nSPS) is 18.3. The van der Waals surface area contributed by atoms with Crippen molar-refractivity contribution in [3.05, 3.63) is 47.4 Å². The third-order valence-corrected chi connectivity index (χ3v) is 6.36. The van der Waals surface area contributed by atoms with Crippen LogP contribution < -0.4 is 0 Å². The van der Waals surface area contributed by atoms with Crippen LogP contribution in [-0.4, -0.2) is 46.0 Å². The van der Waals surface area contributed by atoms with Crippen LogP contribution in [0.25, 0.3) is 11.1 Å². The molecular weight excluding hydrogens is 434 g/mol. The molecule has 0 bridgehead atoms. The highest BCUT2D eigenvalue weighted by Crippen LogP contribution is 2.36. The molecule has 0 spiro atoms. The van der Waals surface area contributed by atoms with E-state index in [1.165, 1.54) is 6.92 Å². The smallest absolute Gasteiger partial charge is 0.417 e. The molecule has 1 aliphatic rings. The van der Waals surface area contributed by atoms with Crippen molar-refractivity contribution in [2.45, 2.75) is 72.4 Å². The van der Waals surface area contributed by atoms with Gasteiger partial charge in [0.25, 0.3) is 0 Å². The van der Waals surface area contributed by atoms with Crippen LogP contribution in [0.4, 0.5) is 4.79 Å². The summed E-state index contributed by atoms with van der Waals surface area (Å²) in [6.45, 7) is 11.0. The SMILES string of the molecule is Cc1cccc(-c2cc(C(=O)[C@@H](C)C(=O)N3C(=O)OC(C)(C)[C@H]3C(C)C)oc2CCCCO)c1. The molecule has 1 fully saturated rings. The van der Waals surface area contributed by atoms with E-state index in [0.717, 1.165) is 21.6 Å². The maximum atomic E-state index is 13.3. The van der Waals surface area contributed by atoms with Gasteiger partial charge in [0.05, 0.1) is 6.04 Å². The van der Waals surface area contributed by atoms with Gasteiger partial charge in [0, 0.05) is 18.6 Å². The maximum absolute atomic E-state index is 13.3. The molecule has 2 amide bonds. The number of hydrogen-bond acceptors (Lipinski definition) is 6. The van der Waals surface area contributed by atoms with Crippen molar-refractivity contribution in [1.29, 1.82) is 0 Å². The fourth-order valence-corrected chi connectivity index (χ4v) is 4.81. The van der Waals surface area contributed by atoms with Gasteiger partial charge in [-0.15, -0.1) is 0 Å². The number of carbonyl (C=O) groups excluding carboxylic acids is 3. The van der Waals surface area contributed by atoms with Crippen molar-refractivity contribution >= 4 is 17.8 Å². The zero-order valence-corrected chi connectivity index (χ0v) is 20.9. The third-order valence-electron chi connectivity index (χ3n) is 6.36. The summed E-state index contributed by atoms with van der Waals surface area (Å²) in [5.74, 6) is -1.48. The molecule has 1 N–H and O–H groups in total. The van der Waals surface area contributed by atoms with Crippen molar-refractivity contribution < 1.29 is 28.6 Å². The van der Waals surface area contributed by atoms with E-state index in [4.69, 9.17) is 14.3 Å². The number of imide groups is 1. The molecular formula is C27H35NO6. The summed E-state index contributed by atoms with van der Waals surface area (Å²) in [7, 11) is 0. The van der Waals surface area contributed by atoms with Crippen molar-refractivity contribution in [1.82, 2.24) is 4.90 Å². The summed E-state index contributed by atoms with van der Waals surface area (Å²) in [5.41, 5.74) is 1.95. The number of Topliss-reactive ketones (excluding diaryl/α,β-unsaturated/α-hetero) is 1. The van der Waals surface area contributed by atoms with Gasteiger partial charge in [-0.25, -0.2) is 9.69 Å². The van der Waals surface area contributed by atoms with E-state index >= 15 is 0 Å². The molecule has 34 heavy (non-hydrogen) atoms. The molecule has 1 aliphatic heterocycles. The Morgan fingerprint density at radius 3 is 2.47 bits per heavy atom. The number of nitrogens with zero attached hydrogens (tertiary/aromatic N) is 1. The minimum absolute atomic E-state index is 0.0395. The standard InChI is InChI=1S/C27H35NO6/c1-16(2)24-27(5,6)34-26(32)28(24)25(31)18(4)23(30)22-15-20(19-11-9-10-17(3)14-19)21(33-22)12-7-8-13-29/h9-11,14-16,18,24,29H,7-8,12-13H2,1-6H3/t18-,24-/m1/s1. The molecule has 7 nitrogen and oxygen atoms in total. The van der Waals surface area contributed by atoms with Gasteiger partial charge in [0.15, 0.2) is 5.76 Å². The molecule has 0 aliphatic carbocycles. The minimum Gasteiger partial charge on any atom is -0.457 e. The Balaban J connectivity index is 1.91. The van der Waals surface area contributed by atoms with Crippen LogP contribution in [0, 0.1) is 18.8 Å². The number of unbranched alkanes of at least 4 members (excludes halogenated alkanes) is 1. The van der Waals surface area contributed by atoms with E-state index in [1.54, 1.807) is 19.9 Å². The Hall–Kier alpha value is -2.93. The quantitative estimate of drug-likeness (QED) is 0.309. The van der Waals surface area contributed by atoms with Crippen molar-refractivity contribution in [3.8, 4) is 11.1 Å². The van der Waals surface area contributed by atoms with Crippen LogP contribution in [0.3, 0.4) is 0 Å². The number of aliphatic hydroxyl groups excluding tert-OH is 1. The first kappa shape index (κ1) is 25.7. The van der Waals surface area contributed by atoms with E-state index in [0.29, 0.717) is 25.0 Å². The van der Waals surface area contributed by atoms with Crippen molar-refractivity contribution in [3.63, 3.8) is 0 Å². The predicted molar refractivity (Wildman–Crippen MR) is 128 cm³/mol. The Morgan fingerprint density at radius 2 is 1.85 bits per heavy atom. The highest BCUT2D eigenvalue weighted by molar-refractivity contribution is 6.12. The number of cyclic esters (lactones) is 1. The second-order valence-electron chi connectivity index (χ2n) is 9.95. The van der Waals surface area contributed by atoms with Gasteiger partial charge in [-0.05, 0) is 58.1 Å².